The molecule has 4 rings (SSSR count). The van der Waals surface area contributed by atoms with E-state index >= 15 is 0 Å². The van der Waals surface area contributed by atoms with Crippen LogP contribution in [0.25, 0.3) is 10.2 Å². The number of hydrogen-bond donors (Lipinski definition) is 2. The Hall–Kier alpha value is -2.71. The predicted octanol–water partition coefficient (Wildman–Crippen LogP) is 5.58. The number of aryl methyl sites for hydroxylation is 1. The number of thiophene rings is 1. The number of anilines is 2. The molecular formula is C21H20ClN3O4S. The van der Waals surface area contributed by atoms with E-state index in [1.54, 1.807) is 6.07 Å². The number of aromatic carboxylic acids is 1. The monoisotopic (exact) mass is 445 g/mol. The number of carbonyl (C=O) groups excluding carboxylic acids is 1. The lowest BCUT2D eigenvalue weighted by Crippen LogP contribution is -2.20. The number of nitrogens with one attached hydrogen (secondary N) is 1. The number of carbonyl (C=O) groups is 2. The Balaban J connectivity index is 1.65. The molecule has 0 bridgehead atoms. The standard InChI is InChI=1S/C21H20ClN3O4S/c1-11-16-18(25-12-7-8-15(22)14(9-12)20(26)27)23-10-24-19(16)30-17(11)21(28)29-13-5-3-2-4-6-13/h7-10,13H,2-6H2,1H3,(H,26,27)(H,23,24,25). The first kappa shape index (κ1) is 20.6. The molecule has 0 atom stereocenters. The number of carboxylic acids is 1. The number of hydrogen-bond acceptors (Lipinski definition) is 7. The molecule has 3 aromatic rings. The van der Waals surface area contributed by atoms with Crippen molar-refractivity contribution in [3.8, 4) is 0 Å². The molecule has 156 valence electrons. The van der Waals surface area contributed by atoms with E-state index in [0.29, 0.717) is 26.6 Å². The van der Waals surface area contributed by atoms with Gasteiger partial charge in [0.1, 0.15) is 28.0 Å². The van der Waals surface area contributed by atoms with E-state index in [4.69, 9.17) is 16.3 Å². The number of nitrogens with zero attached hydrogens (tertiary/aromatic N) is 2. The highest BCUT2D eigenvalue weighted by atomic mass is 35.5. The molecule has 0 saturated heterocycles. The van der Waals surface area contributed by atoms with Crippen LogP contribution in [0.3, 0.4) is 0 Å². The van der Waals surface area contributed by atoms with Crippen LogP contribution in [0.5, 0.6) is 0 Å². The molecule has 1 aromatic carbocycles. The van der Waals surface area contributed by atoms with Gasteiger partial charge in [-0.15, -0.1) is 11.3 Å². The van der Waals surface area contributed by atoms with Crippen molar-refractivity contribution in [2.75, 3.05) is 5.32 Å². The minimum absolute atomic E-state index is 0.00856. The average Bonchev–Trinajstić information content (AvgIpc) is 3.08. The first-order chi connectivity index (χ1) is 14.4. The zero-order valence-corrected chi connectivity index (χ0v) is 17.8. The van der Waals surface area contributed by atoms with Gasteiger partial charge in [0.05, 0.1) is 16.0 Å². The Bertz CT molecular complexity index is 1120. The second kappa shape index (κ2) is 8.57. The zero-order chi connectivity index (χ0) is 21.3. The van der Waals surface area contributed by atoms with Crippen molar-refractivity contribution >= 4 is 56.6 Å². The summed E-state index contributed by atoms with van der Waals surface area (Å²) in [5.74, 6) is -0.951. The molecule has 1 saturated carbocycles. The zero-order valence-electron chi connectivity index (χ0n) is 16.3. The van der Waals surface area contributed by atoms with E-state index in [1.165, 1.54) is 36.2 Å². The van der Waals surface area contributed by atoms with Gasteiger partial charge >= 0.3 is 11.9 Å². The second-order valence-electron chi connectivity index (χ2n) is 7.25. The Morgan fingerprint density at radius 1 is 1.23 bits per heavy atom. The molecule has 1 aliphatic carbocycles. The molecule has 0 aliphatic heterocycles. The lowest BCUT2D eigenvalue weighted by atomic mass is 9.98. The van der Waals surface area contributed by atoms with Gasteiger partial charge in [-0.3, -0.25) is 0 Å². The predicted molar refractivity (Wildman–Crippen MR) is 116 cm³/mol. The smallest absolute Gasteiger partial charge is 0.348 e. The molecule has 0 amide bonds. The molecule has 9 heteroatoms. The summed E-state index contributed by atoms with van der Waals surface area (Å²) in [5.41, 5.74) is 1.26. The van der Waals surface area contributed by atoms with Crippen LogP contribution in [0.15, 0.2) is 24.5 Å². The van der Waals surface area contributed by atoms with Gasteiger partial charge in [0.15, 0.2) is 0 Å². The van der Waals surface area contributed by atoms with Gasteiger partial charge in [0.2, 0.25) is 0 Å². The molecule has 2 N–H and O–H groups in total. The van der Waals surface area contributed by atoms with Crippen LogP contribution >= 0.6 is 22.9 Å². The number of fused-ring (bicyclic) bond motifs is 1. The SMILES string of the molecule is Cc1c(C(=O)OC2CCCCC2)sc2ncnc(Nc3ccc(Cl)c(C(=O)O)c3)c12. The lowest BCUT2D eigenvalue weighted by Gasteiger charge is -2.21. The molecule has 30 heavy (non-hydrogen) atoms. The van der Waals surface area contributed by atoms with E-state index < -0.39 is 5.97 Å². The summed E-state index contributed by atoms with van der Waals surface area (Å²) in [6.45, 7) is 1.84. The second-order valence-corrected chi connectivity index (χ2v) is 8.65. The van der Waals surface area contributed by atoms with Crippen LogP contribution in [0.1, 0.15) is 57.7 Å². The first-order valence-electron chi connectivity index (χ1n) is 9.69. The summed E-state index contributed by atoms with van der Waals surface area (Å²) in [6.07, 6.45) is 6.56. The van der Waals surface area contributed by atoms with E-state index in [-0.39, 0.29) is 22.7 Å². The quantitative estimate of drug-likeness (QED) is 0.494. The van der Waals surface area contributed by atoms with E-state index in [1.807, 2.05) is 6.92 Å². The van der Waals surface area contributed by atoms with Crippen LogP contribution in [0, 0.1) is 6.92 Å². The van der Waals surface area contributed by atoms with Gasteiger partial charge in [-0.25, -0.2) is 19.6 Å². The van der Waals surface area contributed by atoms with Crippen LogP contribution in [0.4, 0.5) is 11.5 Å². The van der Waals surface area contributed by atoms with Crippen LogP contribution < -0.4 is 5.32 Å². The summed E-state index contributed by atoms with van der Waals surface area (Å²) < 4.78 is 5.72. The molecule has 2 aromatic heterocycles. The third-order valence-electron chi connectivity index (χ3n) is 5.20. The minimum atomic E-state index is -1.11. The van der Waals surface area contributed by atoms with Crippen LogP contribution in [-0.2, 0) is 4.74 Å². The van der Waals surface area contributed by atoms with E-state index in [0.717, 1.165) is 31.2 Å². The molecule has 1 aliphatic rings. The fraction of sp³-hybridized carbons (Fsp3) is 0.333. The third-order valence-corrected chi connectivity index (χ3v) is 6.71. The Kier molecular flexibility index (Phi) is 5.87. The van der Waals surface area contributed by atoms with E-state index in [2.05, 4.69) is 15.3 Å². The van der Waals surface area contributed by atoms with Crippen molar-refractivity contribution in [3.63, 3.8) is 0 Å². The van der Waals surface area contributed by atoms with Crippen LogP contribution in [-0.4, -0.2) is 33.1 Å². The highest BCUT2D eigenvalue weighted by Crippen LogP contribution is 2.36. The topological polar surface area (TPSA) is 101 Å². The van der Waals surface area contributed by atoms with Crippen molar-refractivity contribution in [2.45, 2.75) is 45.1 Å². The van der Waals surface area contributed by atoms with E-state index in [9.17, 15) is 14.7 Å². The largest absolute Gasteiger partial charge is 0.478 e. The number of halogens is 1. The molecular weight excluding hydrogens is 426 g/mol. The fourth-order valence-electron chi connectivity index (χ4n) is 3.65. The summed E-state index contributed by atoms with van der Waals surface area (Å²) in [6, 6.07) is 4.63. The molecule has 0 spiro atoms. The average molecular weight is 446 g/mol. The van der Waals surface area contributed by atoms with Gasteiger partial charge in [-0.05, 0) is 56.4 Å². The first-order valence-corrected chi connectivity index (χ1v) is 10.9. The molecule has 0 radical (unpaired) electrons. The Labute approximate surface area is 182 Å². The van der Waals surface area contributed by atoms with Gasteiger partial charge < -0.3 is 15.2 Å². The van der Waals surface area contributed by atoms with Crippen molar-refractivity contribution < 1.29 is 19.4 Å². The van der Waals surface area contributed by atoms with Gasteiger partial charge in [0, 0.05) is 5.69 Å². The van der Waals surface area contributed by atoms with Crippen molar-refractivity contribution in [1.29, 1.82) is 0 Å². The summed E-state index contributed by atoms with van der Waals surface area (Å²) >= 11 is 7.22. The Morgan fingerprint density at radius 3 is 2.73 bits per heavy atom. The number of carboxylic acid groups (broad SMARTS) is 1. The van der Waals surface area contributed by atoms with Crippen LogP contribution in [0.2, 0.25) is 5.02 Å². The van der Waals surface area contributed by atoms with Crippen molar-refractivity contribution in [3.05, 3.63) is 45.6 Å². The maximum absolute atomic E-state index is 12.8. The molecule has 1 fully saturated rings. The third kappa shape index (κ3) is 4.11. The van der Waals surface area contributed by atoms with Gasteiger partial charge in [-0.1, -0.05) is 18.0 Å². The highest BCUT2D eigenvalue weighted by molar-refractivity contribution is 7.20. The Morgan fingerprint density at radius 2 is 2.00 bits per heavy atom. The highest BCUT2D eigenvalue weighted by Gasteiger charge is 2.24. The number of rotatable bonds is 5. The maximum atomic E-state index is 12.8. The summed E-state index contributed by atoms with van der Waals surface area (Å²) in [4.78, 5) is 33.9. The van der Waals surface area contributed by atoms with Gasteiger partial charge in [0.25, 0.3) is 0 Å². The number of ether oxygens (including phenoxy) is 1. The molecule has 2 heterocycles. The molecule has 7 nitrogen and oxygen atoms in total. The number of esters is 1. The fourth-order valence-corrected chi connectivity index (χ4v) is 4.88. The normalized spacial score (nSPS) is 14.6. The lowest BCUT2D eigenvalue weighted by molar-refractivity contribution is 0.0216. The number of benzene rings is 1. The van der Waals surface area contributed by atoms with Gasteiger partial charge in [-0.2, -0.15) is 0 Å². The van der Waals surface area contributed by atoms with Crippen molar-refractivity contribution in [1.82, 2.24) is 9.97 Å². The number of aromatic nitrogens is 2. The van der Waals surface area contributed by atoms with Crippen molar-refractivity contribution in [2.24, 2.45) is 0 Å². The minimum Gasteiger partial charge on any atom is -0.478 e. The summed E-state index contributed by atoms with van der Waals surface area (Å²) in [7, 11) is 0. The molecule has 0 unspecified atom stereocenters. The maximum Gasteiger partial charge on any atom is 0.348 e. The summed E-state index contributed by atoms with van der Waals surface area (Å²) in [5, 5.41) is 13.3.